The minimum Gasteiger partial charge on any atom is -0.375 e. The molecular formula is C14H19ClN2O4S. The number of hydrogen-bond donors (Lipinski definition) is 1. The molecule has 1 atom stereocenters. The Morgan fingerprint density at radius 3 is 2.77 bits per heavy atom. The summed E-state index contributed by atoms with van der Waals surface area (Å²) in [6.45, 7) is 4.50. The lowest BCUT2D eigenvalue weighted by molar-refractivity contribution is -0.0615. The Bertz CT molecular complexity index is 688. The van der Waals surface area contributed by atoms with Crippen molar-refractivity contribution in [3.05, 3.63) is 22.8 Å². The molecule has 0 saturated carbocycles. The fourth-order valence-corrected chi connectivity index (χ4v) is 3.18. The van der Waals surface area contributed by atoms with Crippen molar-refractivity contribution in [1.82, 2.24) is 10.3 Å². The molecule has 0 aromatic carbocycles. The molecule has 8 heteroatoms. The van der Waals surface area contributed by atoms with E-state index in [1.54, 1.807) is 0 Å². The van der Waals surface area contributed by atoms with Gasteiger partial charge in [0.25, 0.3) is 5.91 Å². The van der Waals surface area contributed by atoms with Crippen molar-refractivity contribution in [1.29, 1.82) is 0 Å². The first-order valence-electron chi connectivity index (χ1n) is 6.89. The molecule has 1 N–H and O–H groups in total. The molecule has 1 aromatic heterocycles. The minimum absolute atomic E-state index is 0.0397. The molecule has 2 rings (SSSR count). The SMILES string of the molecule is CC1(C)C[C@H](NC(=O)c2cc(S(C)(=O)=O)ncc2Cl)CCO1. The van der Waals surface area contributed by atoms with Gasteiger partial charge in [-0.2, -0.15) is 0 Å². The van der Waals surface area contributed by atoms with Crippen LogP contribution in [0.15, 0.2) is 17.3 Å². The second-order valence-electron chi connectivity index (χ2n) is 6.05. The molecule has 6 nitrogen and oxygen atoms in total. The van der Waals surface area contributed by atoms with Crippen molar-refractivity contribution in [3.63, 3.8) is 0 Å². The average Bonchev–Trinajstić information content (AvgIpc) is 2.36. The number of sulfone groups is 1. The lowest BCUT2D eigenvalue weighted by Crippen LogP contribution is -2.45. The van der Waals surface area contributed by atoms with Crippen LogP contribution in [0, 0.1) is 0 Å². The van der Waals surface area contributed by atoms with Gasteiger partial charge in [0.2, 0.25) is 0 Å². The topological polar surface area (TPSA) is 85.4 Å². The molecular weight excluding hydrogens is 328 g/mol. The Morgan fingerprint density at radius 2 is 2.18 bits per heavy atom. The molecule has 1 fully saturated rings. The van der Waals surface area contributed by atoms with Crippen LogP contribution in [0.25, 0.3) is 0 Å². The molecule has 0 bridgehead atoms. The van der Waals surface area contributed by atoms with Gasteiger partial charge in [-0.15, -0.1) is 0 Å². The zero-order chi connectivity index (χ0) is 16.5. The number of carbonyl (C=O) groups is 1. The lowest BCUT2D eigenvalue weighted by Gasteiger charge is -2.35. The summed E-state index contributed by atoms with van der Waals surface area (Å²) in [5.74, 6) is -0.403. The number of amides is 1. The van der Waals surface area contributed by atoms with Gasteiger partial charge in [0, 0.05) is 25.1 Å². The second kappa shape index (κ2) is 6.14. The standard InChI is InChI=1S/C14H19ClN2O4S/c1-14(2)7-9(4-5-21-14)17-13(18)10-6-12(22(3,19)20)16-8-11(10)15/h6,8-9H,4-5,7H2,1-3H3,(H,17,18)/t9-/m1/s1. The number of aromatic nitrogens is 1. The first-order chi connectivity index (χ1) is 10.1. The van der Waals surface area contributed by atoms with E-state index < -0.39 is 15.7 Å². The van der Waals surface area contributed by atoms with Gasteiger partial charge in [0.1, 0.15) is 0 Å². The van der Waals surface area contributed by atoms with Crippen molar-refractivity contribution >= 4 is 27.3 Å². The van der Waals surface area contributed by atoms with Gasteiger partial charge in [-0.25, -0.2) is 13.4 Å². The third-order valence-electron chi connectivity index (χ3n) is 3.49. The molecule has 1 amide bonds. The summed E-state index contributed by atoms with van der Waals surface area (Å²) in [6.07, 6.45) is 3.60. The molecule has 0 radical (unpaired) electrons. The highest BCUT2D eigenvalue weighted by atomic mass is 35.5. The van der Waals surface area contributed by atoms with Gasteiger partial charge >= 0.3 is 0 Å². The number of nitrogens with zero attached hydrogens (tertiary/aromatic N) is 1. The molecule has 1 saturated heterocycles. The van der Waals surface area contributed by atoms with Crippen molar-refractivity contribution in [2.24, 2.45) is 0 Å². The summed E-state index contributed by atoms with van der Waals surface area (Å²) >= 11 is 5.97. The summed E-state index contributed by atoms with van der Waals surface area (Å²) in [5, 5.41) is 2.83. The van der Waals surface area contributed by atoms with Crippen LogP contribution in [0.3, 0.4) is 0 Å². The zero-order valence-corrected chi connectivity index (χ0v) is 14.3. The van der Waals surface area contributed by atoms with Crippen LogP contribution in [-0.4, -0.2) is 43.8 Å². The van der Waals surface area contributed by atoms with Crippen molar-refractivity contribution < 1.29 is 17.9 Å². The monoisotopic (exact) mass is 346 g/mol. The average molecular weight is 347 g/mol. The van der Waals surface area contributed by atoms with E-state index in [2.05, 4.69) is 10.3 Å². The van der Waals surface area contributed by atoms with E-state index in [4.69, 9.17) is 16.3 Å². The molecule has 1 aliphatic rings. The molecule has 0 spiro atoms. The third kappa shape index (κ3) is 4.18. The highest BCUT2D eigenvalue weighted by molar-refractivity contribution is 7.90. The van der Waals surface area contributed by atoms with Crippen LogP contribution in [0.2, 0.25) is 5.02 Å². The Kier molecular flexibility index (Phi) is 4.79. The van der Waals surface area contributed by atoms with Crippen LogP contribution in [0.1, 0.15) is 37.0 Å². The van der Waals surface area contributed by atoms with Crippen LogP contribution < -0.4 is 5.32 Å². The van der Waals surface area contributed by atoms with Crippen molar-refractivity contribution in [2.45, 2.75) is 43.4 Å². The Morgan fingerprint density at radius 1 is 1.50 bits per heavy atom. The number of pyridine rings is 1. The quantitative estimate of drug-likeness (QED) is 0.902. The summed E-state index contributed by atoms with van der Waals surface area (Å²) < 4.78 is 28.7. The maximum absolute atomic E-state index is 12.4. The maximum atomic E-state index is 12.4. The van der Waals surface area contributed by atoms with Crippen LogP contribution in [0.5, 0.6) is 0 Å². The number of carbonyl (C=O) groups excluding carboxylic acids is 1. The number of hydrogen-bond acceptors (Lipinski definition) is 5. The molecule has 1 aliphatic heterocycles. The minimum atomic E-state index is -3.50. The number of nitrogens with one attached hydrogen (secondary N) is 1. The molecule has 2 heterocycles. The zero-order valence-electron chi connectivity index (χ0n) is 12.7. The fraction of sp³-hybridized carbons (Fsp3) is 0.571. The fourth-order valence-electron chi connectivity index (χ4n) is 2.41. The van der Waals surface area contributed by atoms with Crippen molar-refractivity contribution in [3.8, 4) is 0 Å². The van der Waals surface area contributed by atoms with Crippen LogP contribution in [-0.2, 0) is 14.6 Å². The summed E-state index contributed by atoms with van der Waals surface area (Å²) in [4.78, 5) is 16.1. The van der Waals surface area contributed by atoms with Crippen LogP contribution >= 0.6 is 11.6 Å². The summed E-state index contributed by atoms with van der Waals surface area (Å²) in [6, 6.07) is 1.17. The Balaban J connectivity index is 2.19. The number of rotatable bonds is 3. The predicted octanol–water partition coefficient (Wildman–Crippen LogP) is 1.83. The normalized spacial score (nSPS) is 21.4. The van der Waals surface area contributed by atoms with Gasteiger partial charge in [-0.3, -0.25) is 4.79 Å². The van der Waals surface area contributed by atoms with Gasteiger partial charge in [-0.05, 0) is 32.8 Å². The summed E-state index contributed by atoms with van der Waals surface area (Å²) in [5.41, 5.74) is -0.183. The van der Waals surface area contributed by atoms with E-state index in [1.165, 1.54) is 12.3 Å². The number of ether oxygens (including phenoxy) is 1. The highest BCUT2D eigenvalue weighted by Gasteiger charge is 2.30. The largest absolute Gasteiger partial charge is 0.375 e. The second-order valence-corrected chi connectivity index (χ2v) is 8.42. The highest BCUT2D eigenvalue weighted by Crippen LogP contribution is 2.25. The van der Waals surface area contributed by atoms with Gasteiger partial charge in [0.15, 0.2) is 14.9 Å². The summed E-state index contributed by atoms with van der Waals surface area (Å²) in [7, 11) is -3.50. The molecule has 122 valence electrons. The predicted molar refractivity (Wildman–Crippen MR) is 82.9 cm³/mol. The molecule has 1 aromatic rings. The Hall–Kier alpha value is -1.18. The van der Waals surface area contributed by atoms with Crippen molar-refractivity contribution in [2.75, 3.05) is 12.9 Å². The van der Waals surface area contributed by atoms with E-state index in [0.29, 0.717) is 19.4 Å². The van der Waals surface area contributed by atoms with E-state index >= 15 is 0 Å². The first kappa shape index (κ1) is 17.2. The molecule has 0 unspecified atom stereocenters. The maximum Gasteiger partial charge on any atom is 0.253 e. The third-order valence-corrected chi connectivity index (χ3v) is 4.77. The first-order valence-corrected chi connectivity index (χ1v) is 9.16. The van der Waals surface area contributed by atoms with E-state index in [-0.39, 0.29) is 27.3 Å². The van der Waals surface area contributed by atoms with Gasteiger partial charge < -0.3 is 10.1 Å². The van der Waals surface area contributed by atoms with Gasteiger partial charge in [0.05, 0.1) is 16.2 Å². The van der Waals surface area contributed by atoms with E-state index in [0.717, 1.165) is 6.26 Å². The Labute approximate surface area is 135 Å². The molecule has 0 aliphatic carbocycles. The molecule has 22 heavy (non-hydrogen) atoms. The van der Waals surface area contributed by atoms with Gasteiger partial charge in [-0.1, -0.05) is 11.6 Å². The lowest BCUT2D eigenvalue weighted by atomic mass is 9.94. The smallest absolute Gasteiger partial charge is 0.253 e. The van der Waals surface area contributed by atoms with Crippen LogP contribution in [0.4, 0.5) is 0 Å². The number of halogens is 1. The van der Waals surface area contributed by atoms with E-state index in [1.807, 2.05) is 13.8 Å². The van der Waals surface area contributed by atoms with E-state index in [9.17, 15) is 13.2 Å².